The zero-order valence-corrected chi connectivity index (χ0v) is 33.2. The summed E-state index contributed by atoms with van der Waals surface area (Å²) in [7, 11) is 0. The molecule has 0 bridgehead atoms. The highest BCUT2D eigenvalue weighted by Gasteiger charge is 2.27. The van der Waals surface area contributed by atoms with Crippen molar-refractivity contribution in [3.05, 3.63) is 230 Å². The first kappa shape index (κ1) is 35.9. The highest BCUT2D eigenvalue weighted by molar-refractivity contribution is 6.63. The molecule has 0 radical (unpaired) electrons. The Morgan fingerprint density at radius 2 is 0.836 bits per heavy atom. The summed E-state index contributed by atoms with van der Waals surface area (Å²) in [4.78, 5) is 4.34. The molecular formula is C57H38N4. The van der Waals surface area contributed by atoms with Crippen molar-refractivity contribution in [2.45, 2.75) is 0 Å². The van der Waals surface area contributed by atoms with E-state index < -0.39 is 0 Å². The van der Waals surface area contributed by atoms with Gasteiger partial charge in [-0.05, 0) is 118 Å². The van der Waals surface area contributed by atoms with Crippen LogP contribution in [-0.4, -0.2) is 16.4 Å². The summed E-state index contributed by atoms with van der Waals surface area (Å²) in [6.45, 7) is 0. The van der Waals surface area contributed by atoms with Crippen LogP contribution in [0.1, 0.15) is 11.1 Å². The van der Waals surface area contributed by atoms with Crippen LogP contribution in [0.25, 0.3) is 87.6 Å². The zero-order chi connectivity index (χ0) is 40.7. The van der Waals surface area contributed by atoms with Gasteiger partial charge < -0.3 is 0 Å². The maximum atomic E-state index is 10.1. The molecule has 0 unspecified atom stereocenters. The number of hydrogen-bond donors (Lipinski definition) is 2. The van der Waals surface area contributed by atoms with E-state index in [0.29, 0.717) is 11.4 Å². The van der Waals surface area contributed by atoms with Crippen molar-refractivity contribution in [3.8, 4) is 33.4 Å². The zero-order valence-electron chi connectivity index (χ0n) is 33.2. The van der Waals surface area contributed by atoms with Crippen LogP contribution in [0.15, 0.2) is 224 Å². The van der Waals surface area contributed by atoms with Gasteiger partial charge in [0.25, 0.3) is 0 Å². The molecule has 4 heteroatoms. The van der Waals surface area contributed by atoms with Crippen LogP contribution in [0.5, 0.6) is 0 Å². The molecule has 0 amide bonds. The van der Waals surface area contributed by atoms with Crippen LogP contribution in [0, 0.1) is 5.41 Å². The molecule has 61 heavy (non-hydrogen) atoms. The fraction of sp³-hybridized carbons (Fsp3) is 0. The van der Waals surface area contributed by atoms with E-state index >= 15 is 0 Å². The third-order valence-electron chi connectivity index (χ3n) is 11.8. The van der Waals surface area contributed by atoms with Crippen molar-refractivity contribution in [2.75, 3.05) is 5.43 Å². The molecule has 1 aliphatic carbocycles. The molecule has 1 aliphatic rings. The first-order valence-corrected chi connectivity index (χ1v) is 20.6. The third kappa shape index (κ3) is 6.30. The lowest BCUT2D eigenvalue weighted by Gasteiger charge is -2.24. The average Bonchev–Trinajstić information content (AvgIpc) is 3.33. The molecule has 9 aromatic carbocycles. The Bertz CT molecular complexity index is 3320. The average molecular weight is 779 g/mol. The second-order valence-corrected chi connectivity index (χ2v) is 15.4. The Kier molecular flexibility index (Phi) is 8.94. The maximum absolute atomic E-state index is 10.1. The van der Waals surface area contributed by atoms with Gasteiger partial charge in [-0.3, -0.25) is 15.8 Å². The fourth-order valence-electron chi connectivity index (χ4n) is 9.17. The molecule has 0 fully saturated rings. The van der Waals surface area contributed by atoms with Gasteiger partial charge in [-0.15, -0.1) is 0 Å². The van der Waals surface area contributed by atoms with Gasteiger partial charge >= 0.3 is 0 Å². The second kappa shape index (κ2) is 15.2. The first-order chi connectivity index (χ1) is 30.2. The molecular weight excluding hydrogens is 741 g/mol. The summed E-state index contributed by atoms with van der Waals surface area (Å²) < 4.78 is 0. The highest BCUT2D eigenvalue weighted by Crippen LogP contribution is 2.46. The number of allylic oxidation sites excluding steroid dienone is 4. The summed E-state index contributed by atoms with van der Waals surface area (Å²) in [5.74, 6) is 0. The Labute approximate surface area is 354 Å². The fourth-order valence-corrected chi connectivity index (χ4v) is 9.17. The van der Waals surface area contributed by atoms with Gasteiger partial charge in [-0.2, -0.15) is 5.10 Å². The molecule has 1 aromatic heterocycles. The minimum atomic E-state index is 0.344. The number of pyridine rings is 1. The molecule has 0 saturated heterocycles. The number of benzene rings is 9. The Balaban J connectivity index is 1.19. The molecule has 11 rings (SSSR count). The Morgan fingerprint density at radius 3 is 1.33 bits per heavy atom. The summed E-state index contributed by atoms with van der Waals surface area (Å²) in [5, 5.41) is 24.2. The van der Waals surface area contributed by atoms with Crippen LogP contribution in [0.4, 0.5) is 5.69 Å². The number of anilines is 1. The normalized spacial score (nSPS) is 13.5. The number of hydrogen-bond acceptors (Lipinski definition) is 4. The Hall–Kier alpha value is -8.21. The smallest absolute Gasteiger partial charge is 0.109 e. The van der Waals surface area contributed by atoms with Gasteiger partial charge in [-0.1, -0.05) is 176 Å². The van der Waals surface area contributed by atoms with Crippen LogP contribution in [0.2, 0.25) is 0 Å². The van der Waals surface area contributed by atoms with E-state index in [1.807, 2.05) is 24.4 Å². The standard InChI is InChI=1S/C57H38N4/c58-57-51(56-49-30-13-11-28-47(49)54(38-19-5-2-6-20-38)48-29-12-14-31-50(48)56)34-41(35-52(57)61-60-42-23-15-21-39(33-42)40-22-16-32-59-36-40)55-45-26-9-7-24-43(45)53(37-17-3-1-4-18-37)44-25-8-10-27-46(44)55/h1-36,58,60H/b58-57?,61-52-. The first-order valence-electron chi connectivity index (χ1n) is 20.6. The van der Waals surface area contributed by atoms with Gasteiger partial charge in [0.1, 0.15) is 5.71 Å². The van der Waals surface area contributed by atoms with Crippen LogP contribution >= 0.6 is 0 Å². The number of nitrogens with one attached hydrogen (secondary N) is 2. The van der Waals surface area contributed by atoms with E-state index in [9.17, 15) is 5.41 Å². The molecule has 0 aliphatic heterocycles. The number of fused-ring (bicyclic) bond motifs is 4. The quantitative estimate of drug-likeness (QED) is 0.0961. The van der Waals surface area contributed by atoms with E-state index in [1.165, 1.54) is 27.5 Å². The lowest BCUT2D eigenvalue weighted by Crippen LogP contribution is -2.19. The molecule has 4 nitrogen and oxygen atoms in total. The topological polar surface area (TPSA) is 61.1 Å². The molecule has 1 heterocycles. The molecule has 0 saturated carbocycles. The lowest BCUT2D eigenvalue weighted by molar-refractivity contribution is 1.32. The summed E-state index contributed by atoms with van der Waals surface area (Å²) in [6, 6.07) is 68.2. The van der Waals surface area contributed by atoms with E-state index in [2.05, 4.69) is 198 Å². The van der Waals surface area contributed by atoms with E-state index in [-0.39, 0.29) is 0 Å². The monoisotopic (exact) mass is 778 g/mol. The van der Waals surface area contributed by atoms with E-state index in [0.717, 1.165) is 77.0 Å². The van der Waals surface area contributed by atoms with Crippen molar-refractivity contribution >= 4 is 71.3 Å². The third-order valence-corrected chi connectivity index (χ3v) is 11.8. The largest absolute Gasteiger partial charge is 0.298 e. The lowest BCUT2D eigenvalue weighted by atomic mass is 9.79. The molecule has 2 N–H and O–H groups in total. The van der Waals surface area contributed by atoms with Crippen LogP contribution < -0.4 is 5.43 Å². The van der Waals surface area contributed by atoms with Crippen molar-refractivity contribution in [1.82, 2.24) is 4.98 Å². The van der Waals surface area contributed by atoms with Gasteiger partial charge in [0.2, 0.25) is 0 Å². The predicted octanol–water partition coefficient (Wildman–Crippen LogP) is 14.7. The van der Waals surface area contributed by atoms with Crippen LogP contribution in [-0.2, 0) is 0 Å². The van der Waals surface area contributed by atoms with Crippen molar-refractivity contribution in [1.29, 1.82) is 5.41 Å². The highest BCUT2D eigenvalue weighted by atomic mass is 15.3. The molecule has 10 aromatic rings. The minimum absolute atomic E-state index is 0.344. The van der Waals surface area contributed by atoms with Crippen molar-refractivity contribution in [3.63, 3.8) is 0 Å². The number of aromatic nitrogens is 1. The van der Waals surface area contributed by atoms with Crippen LogP contribution in [0.3, 0.4) is 0 Å². The van der Waals surface area contributed by atoms with Gasteiger partial charge in [-0.25, -0.2) is 0 Å². The number of nitrogens with zero attached hydrogens (tertiary/aromatic N) is 2. The van der Waals surface area contributed by atoms with Gasteiger partial charge in [0, 0.05) is 23.5 Å². The second-order valence-electron chi connectivity index (χ2n) is 15.4. The molecule has 0 spiro atoms. The minimum Gasteiger partial charge on any atom is -0.298 e. The predicted molar refractivity (Wildman–Crippen MR) is 258 cm³/mol. The summed E-state index contributed by atoms with van der Waals surface area (Å²) >= 11 is 0. The molecule has 286 valence electrons. The van der Waals surface area contributed by atoms with Gasteiger partial charge in [0.05, 0.1) is 11.4 Å². The van der Waals surface area contributed by atoms with Crippen molar-refractivity contribution in [2.24, 2.45) is 5.10 Å². The van der Waals surface area contributed by atoms with E-state index in [4.69, 9.17) is 5.10 Å². The van der Waals surface area contributed by atoms with Gasteiger partial charge in [0.15, 0.2) is 0 Å². The number of rotatable bonds is 7. The van der Waals surface area contributed by atoms with E-state index in [1.54, 1.807) is 6.20 Å². The SMILES string of the molecule is N=C1C(c2c3ccccc3c(-c3ccccc3)c3ccccc23)=CC(c2c3ccccc3c(-c3ccccc3)c3ccccc23)=C/C1=N/Nc1cccc(-c2cccnc2)c1. The number of hydrazone groups is 1. The molecule has 0 atom stereocenters. The Morgan fingerprint density at radius 1 is 0.393 bits per heavy atom. The maximum Gasteiger partial charge on any atom is 0.109 e. The van der Waals surface area contributed by atoms with Crippen molar-refractivity contribution < 1.29 is 0 Å². The summed E-state index contributed by atoms with van der Waals surface area (Å²) in [5.41, 5.74) is 15.8. The summed E-state index contributed by atoms with van der Waals surface area (Å²) in [6.07, 6.45) is 7.97.